The molecule has 2 rings (SSSR count). The third-order valence-corrected chi connectivity index (χ3v) is 6.47. The van der Waals surface area contributed by atoms with Gasteiger partial charge in [-0.05, 0) is 31.2 Å². The number of hydrogen-bond acceptors (Lipinski definition) is 3. The van der Waals surface area contributed by atoms with Crippen LogP contribution in [0.2, 0.25) is 0 Å². The Labute approximate surface area is 158 Å². The van der Waals surface area contributed by atoms with Gasteiger partial charge in [-0.3, -0.25) is 0 Å². The molecule has 26 heavy (non-hydrogen) atoms. The summed E-state index contributed by atoms with van der Waals surface area (Å²) >= 11 is 0.0287. The molecule has 0 heterocycles. The molecule has 0 aliphatic heterocycles. The molecule has 0 bridgehead atoms. The Bertz CT molecular complexity index is 747. The minimum atomic E-state index is -6.58. The van der Waals surface area contributed by atoms with Crippen LogP contribution in [0.1, 0.15) is 6.92 Å². The van der Waals surface area contributed by atoms with E-state index in [1.54, 1.807) is 0 Å². The van der Waals surface area contributed by atoms with Crippen LogP contribution < -0.4 is 21.2 Å². The summed E-state index contributed by atoms with van der Waals surface area (Å²) < 4.78 is 92.2. The van der Waals surface area contributed by atoms with Gasteiger partial charge in [-0.25, -0.2) is 12.8 Å². The molecule has 0 amide bonds. The molecule has 0 N–H and O–H groups in total. The second-order valence-corrected chi connectivity index (χ2v) is 9.35. The first-order valence-corrected chi connectivity index (χ1v) is 10.6. The van der Waals surface area contributed by atoms with Gasteiger partial charge in [0, 0.05) is 0 Å². The standard InChI is InChI=1S/C12H10I.C4H5F5O3S/c1-3-7-11(8-4-1)13-12-9-5-2-6-10-12;1-2(5)3(6,7)4(8,9)13(10,11)12/h1-10H;2H,1H3,(H,10,11,12)/q+1;/p-1. The SMILES string of the molecule is CC(F)C(F)(F)C(F)(F)S(=O)(=O)[O-].c1ccc([I+]c2ccccc2)cc1. The molecule has 0 saturated carbocycles. The third-order valence-electron chi connectivity index (χ3n) is 2.89. The minimum absolute atomic E-state index is 0.0269. The maximum absolute atomic E-state index is 12.1. The van der Waals surface area contributed by atoms with Gasteiger partial charge in [0.2, 0.25) is 0 Å². The summed E-state index contributed by atoms with van der Waals surface area (Å²) in [6.07, 6.45) is -3.44. The van der Waals surface area contributed by atoms with E-state index in [4.69, 9.17) is 0 Å². The van der Waals surface area contributed by atoms with Gasteiger partial charge < -0.3 is 4.55 Å². The largest absolute Gasteiger partial charge is 0.743 e. The van der Waals surface area contributed by atoms with E-state index >= 15 is 0 Å². The van der Waals surface area contributed by atoms with Crippen LogP contribution in [0.5, 0.6) is 0 Å². The second kappa shape index (κ2) is 9.09. The van der Waals surface area contributed by atoms with E-state index < -0.39 is 27.5 Å². The first kappa shape index (κ1) is 22.8. The monoisotopic (exact) mass is 508 g/mol. The van der Waals surface area contributed by atoms with E-state index in [2.05, 4.69) is 60.7 Å². The fourth-order valence-electron chi connectivity index (χ4n) is 1.48. The van der Waals surface area contributed by atoms with Gasteiger partial charge in [0.15, 0.2) is 23.4 Å². The zero-order valence-electron chi connectivity index (χ0n) is 13.3. The lowest BCUT2D eigenvalue weighted by molar-refractivity contribution is -0.597. The van der Waals surface area contributed by atoms with Gasteiger partial charge in [-0.2, -0.15) is 17.6 Å². The molecular weight excluding hydrogens is 494 g/mol. The smallest absolute Gasteiger partial charge is 0.399 e. The maximum atomic E-state index is 12.1. The molecule has 0 fully saturated rings. The minimum Gasteiger partial charge on any atom is -0.743 e. The highest BCUT2D eigenvalue weighted by molar-refractivity contribution is 7.86. The lowest BCUT2D eigenvalue weighted by atomic mass is 10.2. The Balaban J connectivity index is 0.000000260. The molecule has 2 aromatic rings. The van der Waals surface area contributed by atoms with Crippen molar-refractivity contribution in [2.75, 3.05) is 0 Å². The van der Waals surface area contributed by atoms with Crippen molar-refractivity contribution in [3.05, 3.63) is 67.8 Å². The number of alkyl halides is 5. The van der Waals surface area contributed by atoms with Gasteiger partial charge >= 0.3 is 32.4 Å². The molecule has 1 unspecified atom stereocenters. The number of hydrogen-bond donors (Lipinski definition) is 0. The quantitative estimate of drug-likeness (QED) is 0.344. The van der Waals surface area contributed by atoms with Gasteiger partial charge in [-0.1, -0.05) is 36.4 Å². The van der Waals surface area contributed by atoms with Crippen molar-refractivity contribution in [1.29, 1.82) is 0 Å². The lowest BCUT2D eigenvalue weighted by Gasteiger charge is -2.28. The zero-order chi connectivity index (χ0) is 20.0. The molecule has 0 aliphatic carbocycles. The van der Waals surface area contributed by atoms with Crippen molar-refractivity contribution < 1.29 is 56.1 Å². The van der Waals surface area contributed by atoms with Gasteiger partial charge in [-0.15, -0.1) is 0 Å². The first-order chi connectivity index (χ1) is 11.9. The van der Waals surface area contributed by atoms with E-state index in [1.165, 1.54) is 7.14 Å². The lowest BCUT2D eigenvalue weighted by Crippen LogP contribution is -3.61. The van der Waals surface area contributed by atoms with Gasteiger partial charge in [0.1, 0.15) is 0 Å². The normalized spacial score (nSPS) is 13.5. The Morgan fingerprint density at radius 2 is 1.23 bits per heavy atom. The van der Waals surface area contributed by atoms with Crippen molar-refractivity contribution in [3.8, 4) is 0 Å². The van der Waals surface area contributed by atoms with Crippen molar-refractivity contribution in [1.82, 2.24) is 0 Å². The van der Waals surface area contributed by atoms with E-state index in [1.807, 2.05) is 0 Å². The topological polar surface area (TPSA) is 57.2 Å². The molecular formula is C16H14F5IO3S. The van der Waals surface area contributed by atoms with E-state index in [0.717, 1.165) is 0 Å². The highest BCUT2D eigenvalue weighted by Gasteiger charge is 2.65. The molecule has 0 saturated heterocycles. The predicted octanol–water partition coefficient (Wildman–Crippen LogP) is 0.933. The van der Waals surface area contributed by atoms with Crippen LogP contribution in [0.15, 0.2) is 60.7 Å². The fourth-order valence-corrected chi connectivity index (χ4v) is 4.24. The summed E-state index contributed by atoms with van der Waals surface area (Å²) in [5.41, 5.74) is 0. The average molecular weight is 508 g/mol. The summed E-state index contributed by atoms with van der Waals surface area (Å²) in [6.45, 7) is 0.0269. The first-order valence-electron chi connectivity index (χ1n) is 6.99. The van der Waals surface area contributed by atoms with Crippen LogP contribution in [0.4, 0.5) is 22.0 Å². The Hall–Kier alpha value is -1.27. The molecule has 144 valence electrons. The molecule has 2 aromatic carbocycles. The molecule has 1 atom stereocenters. The molecule has 0 spiro atoms. The second-order valence-electron chi connectivity index (χ2n) is 4.90. The van der Waals surface area contributed by atoms with E-state index in [9.17, 15) is 34.9 Å². The Kier molecular flexibility index (Phi) is 7.96. The van der Waals surface area contributed by atoms with Crippen LogP contribution in [0.3, 0.4) is 0 Å². The Morgan fingerprint density at radius 1 is 0.885 bits per heavy atom. The van der Waals surface area contributed by atoms with Crippen molar-refractivity contribution in [2.24, 2.45) is 0 Å². The highest BCUT2D eigenvalue weighted by atomic mass is 127. The number of rotatable bonds is 5. The number of halogens is 6. The zero-order valence-corrected chi connectivity index (χ0v) is 16.2. The molecule has 3 nitrogen and oxygen atoms in total. The fraction of sp³-hybridized carbons (Fsp3) is 0.250. The van der Waals surface area contributed by atoms with Crippen LogP contribution in [-0.2, 0) is 10.1 Å². The van der Waals surface area contributed by atoms with E-state index in [-0.39, 0.29) is 28.1 Å². The summed E-state index contributed by atoms with van der Waals surface area (Å²) in [4.78, 5) is 0. The van der Waals surface area contributed by atoms with Gasteiger partial charge in [0.05, 0.1) is 0 Å². The number of benzene rings is 2. The maximum Gasteiger partial charge on any atom is 0.399 e. The van der Waals surface area contributed by atoms with Crippen molar-refractivity contribution in [3.63, 3.8) is 0 Å². The highest BCUT2D eigenvalue weighted by Crippen LogP contribution is 2.41. The summed E-state index contributed by atoms with van der Waals surface area (Å²) in [7, 11) is -6.58. The molecule has 0 aliphatic rings. The molecule has 0 aromatic heterocycles. The summed E-state index contributed by atoms with van der Waals surface area (Å²) in [6, 6.07) is 21.4. The summed E-state index contributed by atoms with van der Waals surface area (Å²) in [5, 5.41) is -5.94. The van der Waals surface area contributed by atoms with Crippen LogP contribution in [-0.4, -0.2) is 30.3 Å². The van der Waals surface area contributed by atoms with Gasteiger partial charge in [0.25, 0.3) is 0 Å². The van der Waals surface area contributed by atoms with Crippen molar-refractivity contribution in [2.45, 2.75) is 24.3 Å². The molecule has 10 heteroatoms. The average Bonchev–Trinajstić information content (AvgIpc) is 2.56. The van der Waals surface area contributed by atoms with E-state index in [0.29, 0.717) is 0 Å². The summed E-state index contributed by atoms with van der Waals surface area (Å²) in [5.74, 6) is -5.52. The van der Waals surface area contributed by atoms with Crippen molar-refractivity contribution >= 4 is 10.1 Å². The Morgan fingerprint density at radius 3 is 1.46 bits per heavy atom. The third kappa shape index (κ3) is 5.88. The van der Waals surface area contributed by atoms with Crippen LogP contribution in [0, 0.1) is 7.14 Å². The molecule has 0 radical (unpaired) electrons. The predicted molar refractivity (Wildman–Crippen MR) is 80.4 cm³/mol. The van der Waals surface area contributed by atoms with Crippen LogP contribution >= 0.6 is 0 Å². The van der Waals surface area contributed by atoms with Crippen LogP contribution in [0.25, 0.3) is 0 Å².